The van der Waals surface area contributed by atoms with Gasteiger partial charge in [-0.05, 0) is 51.4 Å². The van der Waals surface area contributed by atoms with E-state index < -0.39 is 26.5 Å². The summed E-state index contributed by atoms with van der Waals surface area (Å²) in [5.74, 6) is -0.804. The Hall–Kier alpha value is -2.03. The third-order valence-corrected chi connectivity index (χ3v) is 13.4. The van der Waals surface area contributed by atoms with Gasteiger partial charge in [0.05, 0.1) is 27.7 Å². The molecule has 398 valence electrons. The first kappa shape index (κ1) is 66.0. The number of likely N-dealkylation sites (N-methyl/N-ethyl adjacent to an activating group) is 1. The van der Waals surface area contributed by atoms with Crippen molar-refractivity contribution >= 4 is 19.8 Å². The standard InChI is InChI=1S/C58H108NO8P/c1-6-8-10-12-14-16-18-20-22-24-26-27-28-29-30-31-33-34-36-38-40-42-44-46-48-50-57(60)64-54-56(55-66-68(62,63)65-53-52-59(3,4)5)67-58(61)51-49-47-45-43-41-39-37-35-32-25-23-21-19-17-15-13-11-9-7-2/h9,11,15,17,21,23,32,35,56H,6-8,10,12-14,16,18-20,22,24-31,33-34,36-55H2,1-5H3/p+1/b11-9-,17-15-,23-21-,35-32-. The number of esters is 2. The van der Waals surface area contributed by atoms with Gasteiger partial charge < -0.3 is 18.9 Å². The first-order chi connectivity index (χ1) is 33.0. The minimum Gasteiger partial charge on any atom is -0.462 e. The molecule has 0 aromatic carbocycles. The summed E-state index contributed by atoms with van der Waals surface area (Å²) in [5.41, 5.74) is 0. The fraction of sp³-hybridized carbons (Fsp3) is 0.828. The van der Waals surface area contributed by atoms with Crippen LogP contribution in [0.4, 0.5) is 0 Å². The quantitative estimate of drug-likeness (QED) is 0.0211. The molecule has 0 aliphatic carbocycles. The molecule has 0 saturated carbocycles. The van der Waals surface area contributed by atoms with Crippen LogP contribution in [0.3, 0.4) is 0 Å². The van der Waals surface area contributed by atoms with E-state index in [-0.39, 0.29) is 32.0 Å². The molecule has 0 bridgehead atoms. The third kappa shape index (κ3) is 53.3. The van der Waals surface area contributed by atoms with E-state index in [1.165, 1.54) is 141 Å². The second-order valence-electron chi connectivity index (χ2n) is 20.3. The van der Waals surface area contributed by atoms with Crippen molar-refractivity contribution in [1.29, 1.82) is 0 Å². The number of rotatable bonds is 52. The summed E-state index contributed by atoms with van der Waals surface area (Å²) in [6, 6.07) is 0. The molecular weight excluding hydrogens is 870 g/mol. The molecule has 0 radical (unpaired) electrons. The maximum Gasteiger partial charge on any atom is 0.472 e. The molecule has 0 saturated heterocycles. The largest absolute Gasteiger partial charge is 0.472 e. The molecule has 68 heavy (non-hydrogen) atoms. The highest BCUT2D eigenvalue weighted by Crippen LogP contribution is 2.43. The van der Waals surface area contributed by atoms with Crippen molar-refractivity contribution in [3.63, 3.8) is 0 Å². The van der Waals surface area contributed by atoms with Crippen molar-refractivity contribution in [3.8, 4) is 0 Å². The lowest BCUT2D eigenvalue weighted by Gasteiger charge is -2.24. The first-order valence-electron chi connectivity index (χ1n) is 28.4. The Morgan fingerprint density at radius 1 is 0.471 bits per heavy atom. The molecule has 1 N–H and O–H groups in total. The summed E-state index contributed by atoms with van der Waals surface area (Å²) in [7, 11) is 1.47. The number of ether oxygens (including phenoxy) is 2. The number of allylic oxidation sites excluding steroid dienone is 8. The summed E-state index contributed by atoms with van der Waals surface area (Å²) in [6.45, 7) is 4.34. The highest BCUT2D eigenvalue weighted by Gasteiger charge is 2.27. The molecule has 0 spiro atoms. The third-order valence-electron chi connectivity index (χ3n) is 12.4. The van der Waals surface area contributed by atoms with Crippen molar-refractivity contribution in [3.05, 3.63) is 48.6 Å². The zero-order valence-corrected chi connectivity index (χ0v) is 46.0. The summed E-state index contributed by atoms with van der Waals surface area (Å²) in [6.07, 6.45) is 61.8. The van der Waals surface area contributed by atoms with Gasteiger partial charge in [0.25, 0.3) is 0 Å². The summed E-state index contributed by atoms with van der Waals surface area (Å²) in [5, 5.41) is 0. The molecule has 0 aromatic heterocycles. The van der Waals surface area contributed by atoms with Crippen LogP contribution in [0.15, 0.2) is 48.6 Å². The topological polar surface area (TPSA) is 108 Å². The van der Waals surface area contributed by atoms with E-state index in [1.807, 2.05) is 21.1 Å². The normalized spacial score (nSPS) is 13.7. The van der Waals surface area contributed by atoms with E-state index in [2.05, 4.69) is 62.5 Å². The van der Waals surface area contributed by atoms with Gasteiger partial charge in [0.15, 0.2) is 6.10 Å². The van der Waals surface area contributed by atoms with Gasteiger partial charge in [0, 0.05) is 12.8 Å². The summed E-state index contributed by atoms with van der Waals surface area (Å²) < 4.78 is 34.5. The number of nitrogens with zero attached hydrogens (tertiary/aromatic N) is 1. The smallest absolute Gasteiger partial charge is 0.462 e. The van der Waals surface area contributed by atoms with Crippen molar-refractivity contribution in [2.75, 3.05) is 47.5 Å². The Morgan fingerprint density at radius 3 is 1.25 bits per heavy atom. The molecule has 9 nitrogen and oxygen atoms in total. The molecule has 0 aliphatic rings. The van der Waals surface area contributed by atoms with Crippen LogP contribution in [0.25, 0.3) is 0 Å². The number of phosphoric acid groups is 1. The van der Waals surface area contributed by atoms with Crippen molar-refractivity contribution < 1.29 is 42.1 Å². The number of quaternary nitrogens is 1. The molecule has 2 atom stereocenters. The van der Waals surface area contributed by atoms with Crippen LogP contribution in [0.1, 0.15) is 258 Å². The van der Waals surface area contributed by atoms with Crippen LogP contribution in [-0.2, 0) is 32.7 Å². The fourth-order valence-corrected chi connectivity index (χ4v) is 8.75. The number of carbonyl (C=O) groups excluding carboxylic acids is 2. The van der Waals surface area contributed by atoms with Crippen LogP contribution in [-0.4, -0.2) is 74.9 Å². The highest BCUT2D eigenvalue weighted by molar-refractivity contribution is 7.47. The lowest BCUT2D eigenvalue weighted by Crippen LogP contribution is -2.37. The predicted octanol–water partition coefficient (Wildman–Crippen LogP) is 17.4. The van der Waals surface area contributed by atoms with E-state index in [0.717, 1.165) is 83.5 Å². The van der Waals surface area contributed by atoms with E-state index in [9.17, 15) is 19.0 Å². The van der Waals surface area contributed by atoms with E-state index >= 15 is 0 Å². The van der Waals surface area contributed by atoms with Crippen LogP contribution < -0.4 is 0 Å². The number of carbonyl (C=O) groups is 2. The minimum absolute atomic E-state index is 0.0285. The lowest BCUT2D eigenvalue weighted by atomic mass is 10.0. The van der Waals surface area contributed by atoms with Gasteiger partial charge in [-0.3, -0.25) is 18.6 Å². The van der Waals surface area contributed by atoms with Crippen molar-refractivity contribution in [2.24, 2.45) is 0 Å². The Morgan fingerprint density at radius 2 is 0.838 bits per heavy atom. The van der Waals surface area contributed by atoms with Crippen molar-refractivity contribution in [2.45, 2.75) is 264 Å². The van der Waals surface area contributed by atoms with E-state index in [0.29, 0.717) is 17.4 Å². The summed E-state index contributed by atoms with van der Waals surface area (Å²) in [4.78, 5) is 35.6. The maximum atomic E-state index is 12.8. The first-order valence-corrected chi connectivity index (χ1v) is 29.9. The number of hydrogen-bond donors (Lipinski definition) is 1. The van der Waals surface area contributed by atoms with Gasteiger partial charge in [0.1, 0.15) is 19.8 Å². The molecule has 0 aromatic rings. The predicted molar refractivity (Wildman–Crippen MR) is 289 cm³/mol. The van der Waals surface area contributed by atoms with E-state index in [1.54, 1.807) is 0 Å². The molecular formula is C58H109NO8P+. The number of hydrogen-bond acceptors (Lipinski definition) is 7. The summed E-state index contributed by atoms with van der Waals surface area (Å²) >= 11 is 0. The Bertz CT molecular complexity index is 1290. The highest BCUT2D eigenvalue weighted by atomic mass is 31.2. The number of phosphoric ester groups is 1. The Balaban J connectivity index is 4.15. The average molecular weight is 979 g/mol. The second-order valence-corrected chi connectivity index (χ2v) is 21.8. The molecule has 0 amide bonds. The Kier molecular flexibility index (Phi) is 48.4. The molecule has 0 fully saturated rings. The van der Waals surface area contributed by atoms with Crippen molar-refractivity contribution in [1.82, 2.24) is 0 Å². The zero-order valence-electron chi connectivity index (χ0n) is 45.1. The molecule has 2 unspecified atom stereocenters. The van der Waals surface area contributed by atoms with Gasteiger partial charge in [0.2, 0.25) is 0 Å². The lowest BCUT2D eigenvalue weighted by molar-refractivity contribution is -0.870. The second kappa shape index (κ2) is 49.9. The molecule has 0 aliphatic heterocycles. The zero-order chi connectivity index (χ0) is 49.9. The van der Waals surface area contributed by atoms with Gasteiger partial charge >= 0.3 is 19.8 Å². The molecule has 10 heteroatoms. The van der Waals surface area contributed by atoms with E-state index in [4.69, 9.17) is 18.5 Å². The van der Waals surface area contributed by atoms with Gasteiger partial charge in [-0.2, -0.15) is 0 Å². The van der Waals surface area contributed by atoms with Crippen LogP contribution in [0, 0.1) is 0 Å². The Labute approximate surface area is 420 Å². The van der Waals surface area contributed by atoms with Gasteiger partial charge in [-0.1, -0.05) is 242 Å². The fourth-order valence-electron chi connectivity index (χ4n) is 8.01. The maximum absolute atomic E-state index is 12.8. The van der Waals surface area contributed by atoms with Crippen LogP contribution >= 0.6 is 7.82 Å². The van der Waals surface area contributed by atoms with Gasteiger partial charge in [-0.25, -0.2) is 4.57 Å². The number of unbranched alkanes of at least 4 members (excludes halogenated alkanes) is 30. The van der Waals surface area contributed by atoms with Crippen LogP contribution in [0.5, 0.6) is 0 Å². The minimum atomic E-state index is -4.39. The van der Waals surface area contributed by atoms with Crippen LogP contribution in [0.2, 0.25) is 0 Å². The SMILES string of the molecule is CC/C=C\C/C=C\C/C=C\C/C=C\CCCCCCCCC(=O)OC(COC(=O)CCCCCCCCCCCCCCCCCCCCCCCCCCC)COP(=O)(O)OCC[N+](C)(C)C. The van der Waals surface area contributed by atoms with Gasteiger partial charge in [-0.15, -0.1) is 0 Å². The average Bonchev–Trinajstić information content (AvgIpc) is 3.30. The molecule has 0 heterocycles. The molecule has 0 rings (SSSR count). The monoisotopic (exact) mass is 979 g/mol.